The second kappa shape index (κ2) is 5.88. The van der Waals surface area contributed by atoms with Crippen LogP contribution in [-0.4, -0.2) is 51.0 Å². The van der Waals surface area contributed by atoms with Gasteiger partial charge in [0.15, 0.2) is 5.69 Å². The summed E-state index contributed by atoms with van der Waals surface area (Å²) in [6, 6.07) is 8.38. The van der Waals surface area contributed by atoms with Gasteiger partial charge in [-0.05, 0) is 32.9 Å². The molecule has 1 N–H and O–H groups in total. The fraction of sp³-hybridized carbons (Fsp3) is 0.438. The largest absolute Gasteiger partial charge is 0.332 e. The molecule has 1 aliphatic rings. The maximum absolute atomic E-state index is 12.6. The van der Waals surface area contributed by atoms with Crippen molar-refractivity contribution in [2.24, 2.45) is 0 Å². The van der Waals surface area contributed by atoms with Crippen molar-refractivity contribution in [2.75, 3.05) is 13.1 Å². The van der Waals surface area contributed by atoms with Gasteiger partial charge in [0, 0.05) is 25.2 Å². The Bertz CT molecular complexity index is 663. The average molecular weight is 299 g/mol. The molecule has 1 aromatic heterocycles. The van der Waals surface area contributed by atoms with Crippen LogP contribution >= 0.6 is 0 Å². The quantitative estimate of drug-likeness (QED) is 0.910. The van der Waals surface area contributed by atoms with Crippen molar-refractivity contribution in [3.05, 3.63) is 41.7 Å². The number of aryl methyl sites for hydroxylation is 1. The van der Waals surface area contributed by atoms with Crippen LogP contribution in [0.1, 0.15) is 29.9 Å². The number of carbonyl (C=O) groups excluding carboxylic acids is 1. The van der Waals surface area contributed by atoms with E-state index in [2.05, 4.69) is 29.5 Å². The smallest absolute Gasteiger partial charge is 0.276 e. The summed E-state index contributed by atoms with van der Waals surface area (Å²) >= 11 is 0. The zero-order valence-corrected chi connectivity index (χ0v) is 13.2. The van der Waals surface area contributed by atoms with Gasteiger partial charge in [0.05, 0.1) is 11.9 Å². The first-order valence-corrected chi connectivity index (χ1v) is 7.60. The highest BCUT2D eigenvalue weighted by Crippen LogP contribution is 2.14. The lowest BCUT2D eigenvalue weighted by Crippen LogP contribution is -2.57. The SMILES string of the molecule is Cc1ccc(-n2cc(C(=O)N3CCNC(C)C3C)nn2)cc1. The van der Waals surface area contributed by atoms with Crippen molar-refractivity contribution in [3.63, 3.8) is 0 Å². The molecule has 1 saturated heterocycles. The van der Waals surface area contributed by atoms with E-state index < -0.39 is 0 Å². The van der Waals surface area contributed by atoms with Crippen molar-refractivity contribution in [3.8, 4) is 5.69 Å². The van der Waals surface area contributed by atoms with E-state index in [0.717, 1.165) is 12.2 Å². The molecule has 116 valence electrons. The molecule has 2 atom stereocenters. The van der Waals surface area contributed by atoms with E-state index in [1.165, 1.54) is 5.56 Å². The molecule has 0 aliphatic carbocycles. The van der Waals surface area contributed by atoms with Gasteiger partial charge in [-0.15, -0.1) is 5.10 Å². The zero-order chi connectivity index (χ0) is 15.7. The Labute approximate surface area is 130 Å². The van der Waals surface area contributed by atoms with Crippen LogP contribution in [-0.2, 0) is 0 Å². The van der Waals surface area contributed by atoms with Crippen LogP contribution in [0.5, 0.6) is 0 Å². The summed E-state index contributed by atoms with van der Waals surface area (Å²) in [6.07, 6.45) is 1.70. The van der Waals surface area contributed by atoms with E-state index >= 15 is 0 Å². The molecular weight excluding hydrogens is 278 g/mol. The predicted octanol–water partition coefficient (Wildman–Crippen LogP) is 1.40. The van der Waals surface area contributed by atoms with Gasteiger partial charge in [0.1, 0.15) is 0 Å². The van der Waals surface area contributed by atoms with Crippen molar-refractivity contribution in [1.82, 2.24) is 25.2 Å². The lowest BCUT2D eigenvalue weighted by Gasteiger charge is -2.38. The van der Waals surface area contributed by atoms with E-state index in [9.17, 15) is 4.79 Å². The molecular formula is C16H21N5O. The number of hydrogen-bond donors (Lipinski definition) is 1. The van der Waals surface area contributed by atoms with Gasteiger partial charge >= 0.3 is 0 Å². The molecule has 1 aromatic carbocycles. The highest BCUT2D eigenvalue weighted by molar-refractivity contribution is 5.92. The van der Waals surface area contributed by atoms with Crippen molar-refractivity contribution >= 4 is 5.91 Å². The molecule has 1 amide bonds. The Morgan fingerprint density at radius 3 is 2.73 bits per heavy atom. The Morgan fingerprint density at radius 1 is 1.27 bits per heavy atom. The van der Waals surface area contributed by atoms with Gasteiger partial charge in [0.2, 0.25) is 0 Å². The van der Waals surface area contributed by atoms with E-state index in [1.807, 2.05) is 36.1 Å². The number of amides is 1. The van der Waals surface area contributed by atoms with E-state index in [0.29, 0.717) is 12.2 Å². The molecule has 3 rings (SSSR count). The molecule has 22 heavy (non-hydrogen) atoms. The number of benzene rings is 1. The minimum absolute atomic E-state index is 0.0563. The van der Waals surface area contributed by atoms with Crippen LogP contribution in [0.15, 0.2) is 30.5 Å². The fourth-order valence-corrected chi connectivity index (χ4v) is 2.68. The van der Waals surface area contributed by atoms with Crippen LogP contribution < -0.4 is 5.32 Å². The molecule has 6 nitrogen and oxygen atoms in total. The lowest BCUT2D eigenvalue weighted by molar-refractivity contribution is 0.0597. The predicted molar refractivity (Wildman–Crippen MR) is 84.1 cm³/mol. The zero-order valence-electron chi connectivity index (χ0n) is 13.2. The Hall–Kier alpha value is -2.21. The van der Waals surface area contributed by atoms with Gasteiger partial charge in [-0.25, -0.2) is 4.68 Å². The number of aromatic nitrogens is 3. The van der Waals surface area contributed by atoms with Gasteiger partial charge < -0.3 is 10.2 Å². The number of rotatable bonds is 2. The number of nitrogens with one attached hydrogen (secondary N) is 1. The summed E-state index contributed by atoms with van der Waals surface area (Å²) in [5, 5.41) is 11.5. The summed E-state index contributed by atoms with van der Waals surface area (Å²) in [7, 11) is 0. The third-order valence-corrected chi connectivity index (χ3v) is 4.31. The first kappa shape index (κ1) is 14.7. The highest BCUT2D eigenvalue weighted by atomic mass is 16.2. The molecule has 2 heterocycles. The molecule has 2 unspecified atom stereocenters. The maximum atomic E-state index is 12.6. The second-order valence-electron chi connectivity index (χ2n) is 5.87. The molecule has 0 spiro atoms. The first-order chi connectivity index (χ1) is 10.6. The van der Waals surface area contributed by atoms with E-state index in [-0.39, 0.29) is 18.0 Å². The molecule has 0 bridgehead atoms. The molecule has 1 fully saturated rings. The monoisotopic (exact) mass is 299 g/mol. The summed E-state index contributed by atoms with van der Waals surface area (Å²) in [5.41, 5.74) is 2.48. The lowest BCUT2D eigenvalue weighted by atomic mass is 10.1. The summed E-state index contributed by atoms with van der Waals surface area (Å²) in [5.74, 6) is -0.0563. The number of carbonyl (C=O) groups is 1. The first-order valence-electron chi connectivity index (χ1n) is 7.60. The Morgan fingerprint density at radius 2 is 2.00 bits per heavy atom. The topological polar surface area (TPSA) is 63.1 Å². The van der Waals surface area contributed by atoms with Crippen molar-refractivity contribution in [1.29, 1.82) is 0 Å². The van der Waals surface area contributed by atoms with E-state index in [1.54, 1.807) is 10.9 Å². The minimum Gasteiger partial charge on any atom is -0.332 e. The van der Waals surface area contributed by atoms with Crippen LogP contribution in [0.25, 0.3) is 5.69 Å². The third-order valence-electron chi connectivity index (χ3n) is 4.31. The van der Waals surface area contributed by atoms with Crippen molar-refractivity contribution < 1.29 is 4.79 Å². The van der Waals surface area contributed by atoms with Gasteiger partial charge in [-0.1, -0.05) is 22.9 Å². The number of piperazine rings is 1. The molecule has 0 saturated carbocycles. The average Bonchev–Trinajstić information content (AvgIpc) is 3.00. The molecule has 0 radical (unpaired) electrons. The van der Waals surface area contributed by atoms with Crippen LogP contribution in [0.4, 0.5) is 0 Å². The molecule has 2 aromatic rings. The number of nitrogens with zero attached hydrogens (tertiary/aromatic N) is 4. The normalized spacial score (nSPS) is 21.9. The molecule has 6 heteroatoms. The van der Waals surface area contributed by atoms with Gasteiger partial charge in [-0.2, -0.15) is 0 Å². The third kappa shape index (κ3) is 2.74. The van der Waals surface area contributed by atoms with Gasteiger partial charge in [0.25, 0.3) is 5.91 Å². The van der Waals surface area contributed by atoms with Crippen LogP contribution in [0, 0.1) is 6.92 Å². The highest BCUT2D eigenvalue weighted by Gasteiger charge is 2.30. The minimum atomic E-state index is -0.0563. The Kier molecular flexibility index (Phi) is 3.94. The Balaban J connectivity index is 1.81. The number of hydrogen-bond acceptors (Lipinski definition) is 4. The maximum Gasteiger partial charge on any atom is 0.276 e. The van der Waals surface area contributed by atoms with Crippen LogP contribution in [0.3, 0.4) is 0 Å². The van der Waals surface area contributed by atoms with Crippen molar-refractivity contribution in [2.45, 2.75) is 32.9 Å². The van der Waals surface area contributed by atoms with Gasteiger partial charge in [-0.3, -0.25) is 4.79 Å². The standard InChI is InChI=1S/C16H21N5O/c1-11-4-6-14(7-5-11)21-10-15(18-19-21)16(22)20-9-8-17-12(2)13(20)3/h4-7,10,12-13,17H,8-9H2,1-3H3. The second-order valence-corrected chi connectivity index (χ2v) is 5.87. The van der Waals surface area contributed by atoms with Crippen LogP contribution in [0.2, 0.25) is 0 Å². The summed E-state index contributed by atoms with van der Waals surface area (Å²) in [4.78, 5) is 14.5. The van der Waals surface area contributed by atoms with E-state index in [4.69, 9.17) is 0 Å². The fourth-order valence-electron chi connectivity index (χ4n) is 2.68. The summed E-state index contributed by atoms with van der Waals surface area (Å²) in [6.45, 7) is 7.68. The molecule has 1 aliphatic heterocycles. The summed E-state index contributed by atoms with van der Waals surface area (Å²) < 4.78 is 1.64.